The molecule has 1 heterocycles. The summed E-state index contributed by atoms with van der Waals surface area (Å²) >= 11 is 0. The molecule has 2 N–H and O–H groups in total. The van der Waals surface area contributed by atoms with E-state index in [-0.39, 0.29) is 34.7 Å². The van der Waals surface area contributed by atoms with Crippen LogP contribution in [0.15, 0.2) is 0 Å². The minimum absolute atomic E-state index is 0.0871. The first kappa shape index (κ1) is 19.4. The van der Waals surface area contributed by atoms with Crippen LogP contribution in [0.5, 0.6) is 17.2 Å². The summed E-state index contributed by atoms with van der Waals surface area (Å²) < 4.78 is 17.5. The largest absolute Gasteiger partial charge is 0.504 e. The van der Waals surface area contributed by atoms with Crippen LogP contribution in [0.2, 0.25) is 0 Å². The van der Waals surface area contributed by atoms with E-state index in [9.17, 15) is 15.0 Å². The number of fused-ring (bicyclic) bond motifs is 1. The summed E-state index contributed by atoms with van der Waals surface area (Å²) in [6.45, 7) is 8.15. The van der Waals surface area contributed by atoms with E-state index in [4.69, 9.17) is 14.2 Å². The fourth-order valence-electron chi connectivity index (χ4n) is 6.31. The van der Waals surface area contributed by atoms with Gasteiger partial charge in [-0.15, -0.1) is 0 Å². The number of carbonyl (C=O) groups is 1. The molecule has 1 saturated carbocycles. The molecule has 3 aliphatic rings. The highest BCUT2D eigenvalue weighted by Gasteiger charge is 2.71. The Morgan fingerprint density at radius 3 is 2.39 bits per heavy atom. The van der Waals surface area contributed by atoms with E-state index in [0.29, 0.717) is 28.9 Å². The predicted octanol–water partition coefficient (Wildman–Crippen LogP) is 3.92. The lowest BCUT2D eigenvalue weighted by atomic mass is 9.49. The van der Waals surface area contributed by atoms with Crippen molar-refractivity contribution >= 4 is 5.97 Å². The number of hydrogen-bond donors (Lipinski definition) is 2. The number of hydrogen-bond acceptors (Lipinski definition) is 6. The summed E-state index contributed by atoms with van der Waals surface area (Å²) in [6.07, 6.45) is 1.38. The maximum atomic E-state index is 13.3. The SMILES string of the molecule is COc1c(C(C)C)c(O)c(O)c2c1[C@@H](OC)[C@@H]1OC(=O)[C@@]23CCCC(C)(C)[C@@H]13. The van der Waals surface area contributed by atoms with E-state index in [1.807, 2.05) is 13.8 Å². The van der Waals surface area contributed by atoms with E-state index < -0.39 is 17.6 Å². The number of carbonyl (C=O) groups excluding carboxylic acids is 1. The van der Waals surface area contributed by atoms with Gasteiger partial charge in [-0.3, -0.25) is 4.79 Å². The van der Waals surface area contributed by atoms with Crippen LogP contribution in [0.1, 0.15) is 75.7 Å². The zero-order valence-corrected chi connectivity index (χ0v) is 17.5. The number of methoxy groups -OCH3 is 2. The van der Waals surface area contributed by atoms with Gasteiger partial charge in [0.15, 0.2) is 11.5 Å². The van der Waals surface area contributed by atoms with Gasteiger partial charge in [0.1, 0.15) is 23.4 Å². The number of ether oxygens (including phenoxy) is 3. The lowest BCUT2D eigenvalue weighted by Crippen LogP contribution is -2.54. The fourth-order valence-corrected chi connectivity index (χ4v) is 6.31. The van der Waals surface area contributed by atoms with Crippen molar-refractivity contribution in [2.75, 3.05) is 14.2 Å². The molecule has 2 fully saturated rings. The molecule has 6 heteroatoms. The Bertz CT molecular complexity index is 842. The Labute approximate surface area is 165 Å². The van der Waals surface area contributed by atoms with E-state index in [1.54, 1.807) is 14.2 Å². The van der Waals surface area contributed by atoms with Gasteiger partial charge in [-0.1, -0.05) is 34.1 Å². The third-order valence-electron chi connectivity index (χ3n) is 7.24. The average molecular weight is 390 g/mol. The molecule has 6 nitrogen and oxygen atoms in total. The van der Waals surface area contributed by atoms with E-state index in [0.717, 1.165) is 12.8 Å². The summed E-state index contributed by atoms with van der Waals surface area (Å²) in [7, 11) is 3.13. The third kappa shape index (κ3) is 2.10. The topological polar surface area (TPSA) is 85.2 Å². The van der Waals surface area contributed by atoms with Gasteiger partial charge in [-0.25, -0.2) is 0 Å². The number of rotatable bonds is 3. The first-order valence-corrected chi connectivity index (χ1v) is 10.0. The molecule has 0 spiro atoms. The van der Waals surface area contributed by atoms with Crippen molar-refractivity contribution in [3.05, 3.63) is 16.7 Å². The minimum atomic E-state index is -0.985. The number of phenolic OH excluding ortho intramolecular Hbond substituents is 2. The molecule has 1 aromatic rings. The Morgan fingerprint density at radius 1 is 1.14 bits per heavy atom. The van der Waals surface area contributed by atoms with Crippen molar-refractivity contribution in [3.8, 4) is 17.2 Å². The predicted molar refractivity (Wildman–Crippen MR) is 103 cm³/mol. The van der Waals surface area contributed by atoms with E-state index in [1.165, 1.54) is 0 Å². The molecule has 1 aliphatic heterocycles. The number of phenols is 2. The normalized spacial score (nSPS) is 32.7. The molecule has 0 radical (unpaired) electrons. The molecule has 2 bridgehead atoms. The molecular weight excluding hydrogens is 360 g/mol. The second-order valence-corrected chi connectivity index (χ2v) is 9.40. The number of esters is 1. The van der Waals surface area contributed by atoms with E-state index >= 15 is 0 Å². The second kappa shape index (κ2) is 6.02. The molecular formula is C22H30O6. The fraction of sp³-hybridized carbons (Fsp3) is 0.682. The zero-order chi connectivity index (χ0) is 20.6. The van der Waals surface area contributed by atoms with Crippen molar-refractivity contribution < 1.29 is 29.2 Å². The van der Waals surface area contributed by atoms with Gasteiger partial charge in [0.2, 0.25) is 0 Å². The van der Waals surface area contributed by atoms with Crippen molar-refractivity contribution in [3.63, 3.8) is 0 Å². The van der Waals surface area contributed by atoms with Crippen LogP contribution in [0.4, 0.5) is 0 Å². The maximum absolute atomic E-state index is 13.3. The highest BCUT2D eigenvalue weighted by molar-refractivity contribution is 5.91. The van der Waals surface area contributed by atoms with Gasteiger partial charge in [-0.2, -0.15) is 0 Å². The Kier molecular flexibility index (Phi) is 4.17. The quantitative estimate of drug-likeness (QED) is 0.601. The van der Waals surface area contributed by atoms with Gasteiger partial charge in [-0.05, 0) is 24.2 Å². The van der Waals surface area contributed by atoms with Gasteiger partial charge in [0.25, 0.3) is 0 Å². The molecule has 1 saturated heterocycles. The van der Waals surface area contributed by atoms with Crippen LogP contribution < -0.4 is 4.74 Å². The van der Waals surface area contributed by atoms with Gasteiger partial charge in [0.05, 0.1) is 7.11 Å². The molecule has 4 rings (SSSR count). The van der Waals surface area contributed by atoms with Crippen molar-refractivity contribution in [1.82, 2.24) is 0 Å². The van der Waals surface area contributed by atoms with Crippen molar-refractivity contribution in [2.45, 2.75) is 70.5 Å². The van der Waals surface area contributed by atoms with E-state index in [2.05, 4.69) is 13.8 Å². The molecule has 0 unspecified atom stereocenters. The first-order valence-electron chi connectivity index (χ1n) is 10.0. The zero-order valence-electron chi connectivity index (χ0n) is 17.5. The molecule has 28 heavy (non-hydrogen) atoms. The van der Waals surface area contributed by atoms with Gasteiger partial charge >= 0.3 is 5.97 Å². The molecule has 0 amide bonds. The van der Waals surface area contributed by atoms with Crippen LogP contribution in [0.25, 0.3) is 0 Å². The standard InChI is InChI=1S/C22H30O6/c1-10(2)11-14(23)15(24)13-12(16(11)26-5)17(27-6)18-19-21(3,4)8-7-9-22(13,19)20(25)28-18/h10,17-19,23-24H,7-9H2,1-6H3/t17-,18+,19-,22+/m1/s1. The van der Waals surface area contributed by atoms with Crippen LogP contribution in [-0.2, 0) is 19.7 Å². The molecule has 154 valence electrons. The van der Waals surface area contributed by atoms with Crippen LogP contribution in [0, 0.1) is 11.3 Å². The second-order valence-electron chi connectivity index (χ2n) is 9.40. The van der Waals surface area contributed by atoms with Crippen LogP contribution in [0.3, 0.4) is 0 Å². The average Bonchev–Trinajstić information content (AvgIpc) is 2.87. The highest BCUT2D eigenvalue weighted by atomic mass is 16.6. The first-order chi connectivity index (χ1) is 13.1. The maximum Gasteiger partial charge on any atom is 0.317 e. The molecule has 2 aliphatic carbocycles. The summed E-state index contributed by atoms with van der Waals surface area (Å²) in [5.74, 6) is -0.520. The molecule has 1 aromatic carbocycles. The summed E-state index contributed by atoms with van der Waals surface area (Å²) in [4.78, 5) is 13.3. The Hall–Kier alpha value is -1.95. The minimum Gasteiger partial charge on any atom is -0.504 e. The Morgan fingerprint density at radius 2 is 1.82 bits per heavy atom. The molecule has 4 atom stereocenters. The van der Waals surface area contributed by atoms with Crippen LogP contribution >= 0.6 is 0 Å². The summed E-state index contributed by atoms with van der Waals surface area (Å²) in [5.41, 5.74) is 0.456. The summed E-state index contributed by atoms with van der Waals surface area (Å²) in [5, 5.41) is 22.1. The van der Waals surface area contributed by atoms with Crippen molar-refractivity contribution in [2.24, 2.45) is 11.3 Å². The monoisotopic (exact) mass is 390 g/mol. The van der Waals surface area contributed by atoms with Crippen molar-refractivity contribution in [1.29, 1.82) is 0 Å². The lowest BCUT2D eigenvalue weighted by Gasteiger charge is -2.52. The Balaban J connectivity index is 2.15. The lowest BCUT2D eigenvalue weighted by molar-refractivity contribution is -0.149. The smallest absolute Gasteiger partial charge is 0.317 e. The highest BCUT2D eigenvalue weighted by Crippen LogP contribution is 2.68. The van der Waals surface area contributed by atoms with Crippen LogP contribution in [-0.4, -0.2) is 36.5 Å². The summed E-state index contributed by atoms with van der Waals surface area (Å²) in [6, 6.07) is 0. The number of benzene rings is 1. The van der Waals surface area contributed by atoms with Gasteiger partial charge < -0.3 is 24.4 Å². The third-order valence-corrected chi connectivity index (χ3v) is 7.24. The molecule has 0 aromatic heterocycles. The number of aromatic hydroxyl groups is 2. The van der Waals surface area contributed by atoms with Gasteiger partial charge in [0, 0.05) is 29.7 Å².